The number of ether oxygens (including phenoxy) is 2. The van der Waals surface area contributed by atoms with E-state index < -0.39 is 59.9 Å². The summed E-state index contributed by atoms with van der Waals surface area (Å²) in [5.74, 6) is -5.12. The van der Waals surface area contributed by atoms with Crippen LogP contribution >= 0.6 is 0 Å². The molecule has 1 unspecified atom stereocenters. The van der Waals surface area contributed by atoms with Crippen molar-refractivity contribution in [1.29, 1.82) is 0 Å². The van der Waals surface area contributed by atoms with E-state index in [4.69, 9.17) is 14.6 Å². The van der Waals surface area contributed by atoms with Crippen LogP contribution in [0.4, 0.5) is 18.0 Å². The van der Waals surface area contributed by atoms with Crippen LogP contribution < -0.4 is 5.32 Å². The molecule has 0 fully saturated rings. The smallest absolute Gasteiger partial charge is 0.408 e. The van der Waals surface area contributed by atoms with Crippen molar-refractivity contribution in [2.75, 3.05) is 6.61 Å². The summed E-state index contributed by atoms with van der Waals surface area (Å²) in [7, 11) is 0. The Labute approximate surface area is 136 Å². The molecule has 0 aliphatic heterocycles. The molecule has 134 valence electrons. The van der Waals surface area contributed by atoms with Gasteiger partial charge in [-0.05, 0) is 32.9 Å². The molecule has 9 heteroatoms. The summed E-state index contributed by atoms with van der Waals surface area (Å²) in [6.45, 7) is 3.48. The van der Waals surface area contributed by atoms with Crippen molar-refractivity contribution in [2.45, 2.75) is 39.0 Å². The molecule has 0 aliphatic rings. The Kier molecular flexibility index (Phi) is 6.59. The summed E-state index contributed by atoms with van der Waals surface area (Å²) in [6.07, 6.45) is -0.985. The summed E-state index contributed by atoms with van der Waals surface area (Å²) >= 11 is 0. The summed E-state index contributed by atoms with van der Waals surface area (Å²) < 4.78 is 49.7. The number of rotatable bonds is 6. The van der Waals surface area contributed by atoms with Gasteiger partial charge in [0.05, 0.1) is 18.8 Å². The highest BCUT2D eigenvalue weighted by Crippen LogP contribution is 2.16. The molecule has 0 saturated carbocycles. The van der Waals surface area contributed by atoms with E-state index >= 15 is 0 Å². The number of nitrogens with one attached hydrogen (secondary N) is 1. The van der Waals surface area contributed by atoms with Gasteiger partial charge in [-0.25, -0.2) is 22.8 Å². The van der Waals surface area contributed by atoms with Gasteiger partial charge in [0, 0.05) is 0 Å². The second-order valence-electron chi connectivity index (χ2n) is 5.87. The molecule has 2 N–H and O–H groups in total. The van der Waals surface area contributed by atoms with Gasteiger partial charge in [0.1, 0.15) is 11.4 Å². The summed E-state index contributed by atoms with van der Waals surface area (Å²) in [6, 6.07) is -0.150. The number of hydrogen-bond acceptors (Lipinski definition) is 4. The average molecular weight is 349 g/mol. The van der Waals surface area contributed by atoms with Gasteiger partial charge in [-0.1, -0.05) is 0 Å². The van der Waals surface area contributed by atoms with Gasteiger partial charge < -0.3 is 19.9 Å². The van der Waals surface area contributed by atoms with Gasteiger partial charge in [-0.3, -0.25) is 0 Å². The lowest BCUT2D eigenvalue weighted by Crippen LogP contribution is -2.46. The minimum Gasteiger partial charge on any atom is -0.480 e. The molecule has 0 heterocycles. The Balaban J connectivity index is 2.64. The molecular weight excluding hydrogens is 331 g/mol. The van der Waals surface area contributed by atoms with E-state index in [1.165, 1.54) is 0 Å². The van der Waals surface area contributed by atoms with Crippen molar-refractivity contribution in [3.63, 3.8) is 0 Å². The molecule has 0 spiro atoms. The molecular formula is C15H18F3NO5. The van der Waals surface area contributed by atoms with Crippen molar-refractivity contribution in [1.82, 2.24) is 5.32 Å². The van der Waals surface area contributed by atoms with Gasteiger partial charge in [0.25, 0.3) is 0 Å². The zero-order valence-corrected chi connectivity index (χ0v) is 13.4. The van der Waals surface area contributed by atoms with Crippen LogP contribution in [0.15, 0.2) is 12.1 Å². The number of carbonyl (C=O) groups excluding carboxylic acids is 1. The van der Waals surface area contributed by atoms with Crippen LogP contribution in [0.1, 0.15) is 26.3 Å². The van der Waals surface area contributed by atoms with Gasteiger partial charge in [-0.15, -0.1) is 0 Å². The Morgan fingerprint density at radius 3 is 2.33 bits per heavy atom. The minimum atomic E-state index is -1.50. The second-order valence-corrected chi connectivity index (χ2v) is 5.87. The van der Waals surface area contributed by atoms with E-state index in [1.54, 1.807) is 20.8 Å². The number of aliphatic carboxylic acids is 1. The monoisotopic (exact) mass is 349 g/mol. The predicted molar refractivity (Wildman–Crippen MR) is 76.8 cm³/mol. The first kappa shape index (κ1) is 19.8. The first-order valence-electron chi connectivity index (χ1n) is 6.93. The number of hydrogen-bond donors (Lipinski definition) is 2. The van der Waals surface area contributed by atoms with Gasteiger partial charge in [0.15, 0.2) is 17.7 Å². The Bertz CT molecular complexity index is 616. The number of amides is 1. The van der Waals surface area contributed by atoms with Crippen molar-refractivity contribution in [2.24, 2.45) is 0 Å². The molecule has 1 aromatic carbocycles. The number of benzene rings is 1. The maximum Gasteiger partial charge on any atom is 0.408 e. The second kappa shape index (κ2) is 8.00. The first-order chi connectivity index (χ1) is 11.0. The third kappa shape index (κ3) is 6.07. The molecule has 1 amide bonds. The van der Waals surface area contributed by atoms with Gasteiger partial charge >= 0.3 is 12.1 Å². The van der Waals surface area contributed by atoms with Crippen LogP contribution in [0.25, 0.3) is 0 Å². The third-order valence-electron chi connectivity index (χ3n) is 2.66. The minimum absolute atomic E-state index is 0.593. The van der Waals surface area contributed by atoms with E-state index in [0.29, 0.717) is 6.07 Å². The van der Waals surface area contributed by atoms with E-state index in [9.17, 15) is 22.8 Å². The lowest BCUT2D eigenvalue weighted by Gasteiger charge is -2.22. The molecule has 0 saturated heterocycles. The highest BCUT2D eigenvalue weighted by molar-refractivity contribution is 5.80. The quantitative estimate of drug-likeness (QED) is 0.771. The SMILES string of the molecule is CC(C)(C)OC(=O)NC(COCc1c(F)ccc(F)c1F)C(=O)O. The molecule has 1 rings (SSSR count). The maximum atomic E-state index is 13.4. The Hall–Kier alpha value is -2.29. The van der Waals surface area contributed by atoms with Crippen LogP contribution in [0.5, 0.6) is 0 Å². The number of carbonyl (C=O) groups is 2. The van der Waals surface area contributed by atoms with Crippen LogP contribution in [0.3, 0.4) is 0 Å². The van der Waals surface area contributed by atoms with E-state index in [0.717, 1.165) is 6.07 Å². The predicted octanol–water partition coefficient (Wildman–Crippen LogP) is 2.60. The summed E-state index contributed by atoms with van der Waals surface area (Å²) in [4.78, 5) is 22.6. The fourth-order valence-electron chi connectivity index (χ4n) is 1.60. The maximum absolute atomic E-state index is 13.4. The Morgan fingerprint density at radius 2 is 1.79 bits per heavy atom. The van der Waals surface area contributed by atoms with Gasteiger partial charge in [-0.2, -0.15) is 0 Å². The van der Waals surface area contributed by atoms with Gasteiger partial charge in [0.2, 0.25) is 0 Å². The fourth-order valence-corrected chi connectivity index (χ4v) is 1.60. The average Bonchev–Trinajstić information content (AvgIpc) is 2.43. The van der Waals surface area contributed by atoms with Crippen molar-refractivity contribution < 1.29 is 37.3 Å². The van der Waals surface area contributed by atoms with E-state index in [2.05, 4.69) is 5.32 Å². The number of carboxylic acids is 1. The van der Waals surface area contributed by atoms with Crippen LogP contribution in [0, 0.1) is 17.5 Å². The normalized spacial score (nSPS) is 12.6. The molecule has 1 aromatic rings. The lowest BCUT2D eigenvalue weighted by molar-refractivity contribution is -0.141. The molecule has 6 nitrogen and oxygen atoms in total. The number of halogens is 3. The highest BCUT2D eigenvalue weighted by Gasteiger charge is 2.24. The number of alkyl carbamates (subject to hydrolysis) is 1. The molecule has 1 atom stereocenters. The van der Waals surface area contributed by atoms with E-state index in [-0.39, 0.29) is 0 Å². The zero-order valence-electron chi connectivity index (χ0n) is 13.4. The van der Waals surface area contributed by atoms with E-state index in [1.807, 2.05) is 0 Å². The van der Waals surface area contributed by atoms with Crippen LogP contribution in [0.2, 0.25) is 0 Å². The number of carboxylic acid groups (broad SMARTS) is 1. The molecule has 0 aromatic heterocycles. The lowest BCUT2D eigenvalue weighted by atomic mass is 10.2. The molecule has 0 bridgehead atoms. The molecule has 0 aliphatic carbocycles. The zero-order chi connectivity index (χ0) is 18.5. The largest absolute Gasteiger partial charge is 0.480 e. The van der Waals surface area contributed by atoms with Crippen molar-refractivity contribution >= 4 is 12.1 Å². The topological polar surface area (TPSA) is 84.9 Å². The van der Waals surface area contributed by atoms with Crippen molar-refractivity contribution in [3.8, 4) is 0 Å². The molecule has 0 radical (unpaired) electrons. The highest BCUT2D eigenvalue weighted by atomic mass is 19.2. The van der Waals surface area contributed by atoms with Crippen LogP contribution in [-0.2, 0) is 20.9 Å². The first-order valence-corrected chi connectivity index (χ1v) is 6.93. The Morgan fingerprint density at radius 1 is 1.21 bits per heavy atom. The van der Waals surface area contributed by atoms with Crippen molar-refractivity contribution in [3.05, 3.63) is 35.1 Å². The fraction of sp³-hybridized carbons (Fsp3) is 0.467. The van der Waals surface area contributed by atoms with Crippen LogP contribution in [-0.4, -0.2) is 35.4 Å². The summed E-state index contributed by atoms with van der Waals surface area (Å²) in [5, 5.41) is 11.1. The standard InChI is InChI=1S/C15H18F3NO5/c1-15(2,3)24-14(22)19-11(13(20)21)7-23-6-8-9(16)4-5-10(17)12(8)18/h4-5,11H,6-7H2,1-3H3,(H,19,22)(H,20,21). The molecule has 24 heavy (non-hydrogen) atoms. The summed E-state index contributed by atoms with van der Waals surface area (Å²) in [5.41, 5.74) is -1.50. The third-order valence-corrected chi connectivity index (χ3v) is 2.66.